The number of aromatic nitrogens is 1. The molecule has 0 aromatic carbocycles. The summed E-state index contributed by atoms with van der Waals surface area (Å²) < 4.78 is 5.12. The number of ether oxygens (including phenoxy) is 1. The molecule has 0 fully saturated rings. The van der Waals surface area contributed by atoms with E-state index >= 15 is 0 Å². The number of methoxy groups -OCH3 is 1. The van der Waals surface area contributed by atoms with Crippen LogP contribution in [0, 0.1) is 6.92 Å². The largest absolute Gasteiger partial charge is 0.481 e. The average molecular weight is 280 g/mol. The minimum absolute atomic E-state index is 0.532. The Labute approximate surface area is 118 Å². The van der Waals surface area contributed by atoms with Gasteiger partial charge in [-0.05, 0) is 32.9 Å². The molecule has 0 radical (unpaired) electrons. The van der Waals surface area contributed by atoms with Crippen LogP contribution in [0.2, 0.25) is 0 Å². The van der Waals surface area contributed by atoms with Crippen LogP contribution >= 0.6 is 11.6 Å². The first kappa shape index (κ1) is 15.2. The molecule has 1 rings (SSSR count). The second-order valence-corrected chi connectivity index (χ2v) is 4.41. The summed E-state index contributed by atoms with van der Waals surface area (Å²) in [7, 11) is 1.59. The van der Waals surface area contributed by atoms with Crippen LogP contribution in [0.5, 0.6) is 5.88 Å². The molecular formula is C14H18ClN3O. The van der Waals surface area contributed by atoms with Crippen LogP contribution in [0.4, 0.5) is 5.69 Å². The Morgan fingerprint density at radius 3 is 2.74 bits per heavy atom. The molecule has 0 atom stereocenters. The number of nitrogens with one attached hydrogen (secondary N) is 1. The first-order chi connectivity index (χ1) is 8.96. The van der Waals surface area contributed by atoms with E-state index in [9.17, 15) is 0 Å². The third kappa shape index (κ3) is 4.75. The molecule has 0 saturated carbocycles. The Kier molecular flexibility index (Phi) is 5.57. The lowest BCUT2D eigenvalue weighted by molar-refractivity contribution is 0.397. The normalized spacial score (nSPS) is 12.8. The van der Waals surface area contributed by atoms with Crippen LogP contribution in [-0.4, -0.2) is 17.9 Å². The lowest BCUT2D eigenvalue weighted by Crippen LogP contribution is -2.08. The molecule has 0 saturated heterocycles. The highest BCUT2D eigenvalue weighted by atomic mass is 35.5. The molecular weight excluding hydrogens is 262 g/mol. The highest BCUT2D eigenvalue weighted by molar-refractivity contribution is 6.31. The Hall–Kier alpha value is -1.81. The van der Waals surface area contributed by atoms with E-state index in [-0.39, 0.29) is 0 Å². The van der Waals surface area contributed by atoms with Crippen LogP contribution in [0.1, 0.15) is 19.5 Å². The molecule has 0 bridgehead atoms. The summed E-state index contributed by atoms with van der Waals surface area (Å²) >= 11 is 5.93. The summed E-state index contributed by atoms with van der Waals surface area (Å²) in [6.45, 7) is 9.19. The molecule has 1 N–H and O–H groups in total. The maximum atomic E-state index is 5.93. The number of allylic oxidation sites excluding steroid dienone is 3. The molecule has 4 nitrogen and oxygen atoms in total. The monoisotopic (exact) mass is 279 g/mol. The number of pyridine rings is 1. The van der Waals surface area contributed by atoms with Crippen molar-refractivity contribution in [3.8, 4) is 5.88 Å². The van der Waals surface area contributed by atoms with Crippen molar-refractivity contribution in [2.24, 2.45) is 4.99 Å². The maximum absolute atomic E-state index is 5.93. The van der Waals surface area contributed by atoms with Crippen molar-refractivity contribution in [3.05, 3.63) is 41.2 Å². The summed E-state index contributed by atoms with van der Waals surface area (Å²) in [5.74, 6) is 1.29. The topological polar surface area (TPSA) is 46.5 Å². The minimum Gasteiger partial charge on any atom is -0.481 e. The van der Waals surface area contributed by atoms with Gasteiger partial charge in [0.05, 0.1) is 17.8 Å². The molecule has 0 aliphatic heterocycles. The van der Waals surface area contributed by atoms with Gasteiger partial charge in [-0.15, -0.1) is 0 Å². The number of aliphatic imine (C=N–C) groups is 1. The van der Waals surface area contributed by atoms with Crippen molar-refractivity contribution in [1.29, 1.82) is 0 Å². The van der Waals surface area contributed by atoms with Crippen LogP contribution in [0.25, 0.3) is 0 Å². The van der Waals surface area contributed by atoms with Crippen LogP contribution in [0.3, 0.4) is 0 Å². The predicted molar refractivity (Wildman–Crippen MR) is 81.0 cm³/mol. The maximum Gasteiger partial charge on any atom is 0.215 e. The molecule has 102 valence electrons. The lowest BCUT2D eigenvalue weighted by Gasteiger charge is -2.09. The molecule has 0 aliphatic rings. The highest BCUT2D eigenvalue weighted by Gasteiger charge is 2.01. The van der Waals surface area contributed by atoms with Crippen molar-refractivity contribution in [1.82, 2.24) is 4.98 Å². The van der Waals surface area contributed by atoms with Gasteiger partial charge in [-0.25, -0.2) is 9.98 Å². The molecule has 0 unspecified atom stereocenters. The number of hydrogen-bond donors (Lipinski definition) is 1. The van der Waals surface area contributed by atoms with Gasteiger partial charge in [0.15, 0.2) is 0 Å². The molecule has 0 aliphatic carbocycles. The van der Waals surface area contributed by atoms with Crippen LogP contribution < -0.4 is 10.1 Å². The van der Waals surface area contributed by atoms with E-state index in [4.69, 9.17) is 16.3 Å². The van der Waals surface area contributed by atoms with Gasteiger partial charge in [-0.2, -0.15) is 0 Å². The Bertz CT molecular complexity index is 535. The summed E-state index contributed by atoms with van der Waals surface area (Å²) in [5, 5.41) is 3.70. The second kappa shape index (κ2) is 6.95. The number of amidine groups is 1. The van der Waals surface area contributed by atoms with Crippen molar-refractivity contribution >= 4 is 23.1 Å². The van der Waals surface area contributed by atoms with Crippen molar-refractivity contribution in [2.45, 2.75) is 20.8 Å². The molecule has 19 heavy (non-hydrogen) atoms. The highest BCUT2D eigenvalue weighted by Crippen LogP contribution is 2.17. The average Bonchev–Trinajstić information content (AvgIpc) is 2.36. The second-order valence-electron chi connectivity index (χ2n) is 4.00. The molecule has 1 aromatic heterocycles. The van der Waals surface area contributed by atoms with Crippen molar-refractivity contribution < 1.29 is 4.74 Å². The van der Waals surface area contributed by atoms with Gasteiger partial charge in [0.1, 0.15) is 5.84 Å². The fraction of sp³-hybridized carbons (Fsp3) is 0.286. The number of nitrogens with zero attached hydrogens (tertiary/aromatic N) is 2. The number of anilines is 1. The third-order valence-electron chi connectivity index (χ3n) is 2.32. The summed E-state index contributed by atoms with van der Waals surface area (Å²) in [4.78, 5) is 8.57. The zero-order chi connectivity index (χ0) is 14.4. The number of hydrogen-bond acceptors (Lipinski definition) is 3. The lowest BCUT2D eigenvalue weighted by atomic mass is 10.3. The minimum atomic E-state index is 0.532. The molecule has 1 aromatic rings. The molecule has 0 spiro atoms. The SMILES string of the molecule is C=C/C(Cl)=C(C)\N=C(/C)Nc1cc(C)nc(OC)c1. The van der Waals surface area contributed by atoms with E-state index < -0.39 is 0 Å². The fourth-order valence-corrected chi connectivity index (χ4v) is 1.55. The fourth-order valence-electron chi connectivity index (χ4n) is 1.50. The molecule has 1 heterocycles. The van der Waals surface area contributed by atoms with E-state index in [0.717, 1.165) is 17.2 Å². The van der Waals surface area contributed by atoms with E-state index in [1.807, 2.05) is 26.8 Å². The zero-order valence-corrected chi connectivity index (χ0v) is 12.4. The van der Waals surface area contributed by atoms with Gasteiger partial charge in [0, 0.05) is 17.4 Å². The quantitative estimate of drug-likeness (QED) is 0.517. The van der Waals surface area contributed by atoms with Gasteiger partial charge in [-0.3, -0.25) is 0 Å². The first-order valence-corrected chi connectivity index (χ1v) is 6.18. The molecule has 5 heteroatoms. The van der Waals surface area contributed by atoms with E-state index in [1.54, 1.807) is 19.3 Å². The summed E-state index contributed by atoms with van der Waals surface area (Å²) in [5.41, 5.74) is 2.44. The standard InChI is InChI=1S/C14H18ClN3O/c1-6-13(15)10(3)17-11(4)18-12-7-9(2)16-14(8-12)19-5/h6-8H,1H2,2-5H3,(H,16,17,18)/b13-10+. The predicted octanol–water partition coefficient (Wildman–Crippen LogP) is 3.89. The summed E-state index contributed by atoms with van der Waals surface area (Å²) in [6.07, 6.45) is 1.56. The Morgan fingerprint density at radius 1 is 1.47 bits per heavy atom. The van der Waals surface area contributed by atoms with Gasteiger partial charge in [0.25, 0.3) is 0 Å². The number of rotatable bonds is 4. The van der Waals surface area contributed by atoms with Gasteiger partial charge in [0.2, 0.25) is 5.88 Å². The van der Waals surface area contributed by atoms with Crippen LogP contribution in [0.15, 0.2) is 40.5 Å². The summed E-state index contributed by atoms with van der Waals surface area (Å²) in [6, 6.07) is 3.72. The van der Waals surface area contributed by atoms with Crippen molar-refractivity contribution in [2.75, 3.05) is 12.4 Å². The van der Waals surface area contributed by atoms with E-state index in [2.05, 4.69) is 21.9 Å². The van der Waals surface area contributed by atoms with Crippen molar-refractivity contribution in [3.63, 3.8) is 0 Å². The Balaban J connectivity index is 2.93. The zero-order valence-electron chi connectivity index (χ0n) is 11.6. The van der Waals surface area contributed by atoms with Crippen LogP contribution in [-0.2, 0) is 0 Å². The van der Waals surface area contributed by atoms with E-state index in [0.29, 0.717) is 16.6 Å². The van der Waals surface area contributed by atoms with E-state index in [1.165, 1.54) is 0 Å². The number of aryl methyl sites for hydroxylation is 1. The number of halogens is 1. The first-order valence-electron chi connectivity index (χ1n) is 5.80. The third-order valence-corrected chi connectivity index (χ3v) is 2.75. The van der Waals surface area contributed by atoms with Gasteiger partial charge < -0.3 is 10.1 Å². The van der Waals surface area contributed by atoms with Gasteiger partial charge >= 0.3 is 0 Å². The van der Waals surface area contributed by atoms with Gasteiger partial charge in [-0.1, -0.05) is 18.2 Å². The molecule has 0 amide bonds. The smallest absolute Gasteiger partial charge is 0.215 e. The Morgan fingerprint density at radius 2 is 2.16 bits per heavy atom.